The first kappa shape index (κ1) is 14.9. The van der Waals surface area contributed by atoms with Gasteiger partial charge in [0.25, 0.3) is 0 Å². The minimum atomic E-state index is -3.42. The molecule has 5 heteroatoms. The lowest BCUT2D eigenvalue weighted by molar-refractivity contribution is 0.382. The number of nitrogens with zero attached hydrogens (tertiary/aromatic N) is 1. The van der Waals surface area contributed by atoms with Crippen molar-refractivity contribution in [3.8, 4) is 0 Å². The molecule has 0 unspecified atom stereocenters. The van der Waals surface area contributed by atoms with Crippen LogP contribution in [-0.4, -0.2) is 25.8 Å². The Morgan fingerprint density at radius 2 is 1.62 bits per heavy atom. The molecule has 1 aromatic carbocycles. The molecule has 3 rings (SSSR count). The maximum absolute atomic E-state index is 12.9. The zero-order valence-corrected chi connectivity index (χ0v) is 13.6. The molecule has 2 fully saturated rings. The Balaban J connectivity index is 1.91. The molecule has 4 nitrogen and oxygen atoms in total. The second kappa shape index (κ2) is 5.29. The van der Waals surface area contributed by atoms with Crippen LogP contribution in [0.4, 0.5) is 5.69 Å². The molecule has 0 spiro atoms. The summed E-state index contributed by atoms with van der Waals surface area (Å²) in [6.07, 6.45) is 4.63. The zero-order chi connectivity index (χ0) is 15.2. The summed E-state index contributed by atoms with van der Waals surface area (Å²) in [5, 5.41) is 0. The number of aryl methyl sites for hydroxylation is 1. The van der Waals surface area contributed by atoms with E-state index in [9.17, 15) is 8.42 Å². The lowest BCUT2D eigenvalue weighted by atomic mass is 10.1. The van der Waals surface area contributed by atoms with Gasteiger partial charge in [0.1, 0.15) is 0 Å². The minimum Gasteiger partial charge on any atom is -0.398 e. The number of anilines is 1. The summed E-state index contributed by atoms with van der Waals surface area (Å²) >= 11 is 0. The molecule has 1 aromatic rings. The predicted molar refractivity (Wildman–Crippen MR) is 84.5 cm³/mol. The Bertz CT molecular complexity index is 609. The van der Waals surface area contributed by atoms with Crippen LogP contribution < -0.4 is 5.73 Å². The summed E-state index contributed by atoms with van der Waals surface area (Å²) in [4.78, 5) is 0.351. The van der Waals surface area contributed by atoms with E-state index in [4.69, 9.17) is 5.73 Å². The molecule has 0 bridgehead atoms. The third-order valence-electron chi connectivity index (χ3n) is 4.64. The van der Waals surface area contributed by atoms with Gasteiger partial charge < -0.3 is 5.73 Å². The molecule has 21 heavy (non-hydrogen) atoms. The highest BCUT2D eigenvalue weighted by Crippen LogP contribution is 2.36. The molecule has 2 saturated carbocycles. The van der Waals surface area contributed by atoms with Crippen LogP contribution in [-0.2, 0) is 10.0 Å². The average molecular weight is 308 g/mol. The fourth-order valence-corrected chi connectivity index (χ4v) is 4.31. The van der Waals surface area contributed by atoms with Crippen LogP contribution in [0.2, 0.25) is 0 Å². The summed E-state index contributed by atoms with van der Waals surface area (Å²) < 4.78 is 27.6. The molecule has 2 aliphatic rings. The number of nitrogens with two attached hydrogens (primary N) is 1. The van der Waals surface area contributed by atoms with Crippen molar-refractivity contribution in [1.29, 1.82) is 0 Å². The first-order valence-electron chi connectivity index (χ1n) is 7.75. The van der Waals surface area contributed by atoms with Crippen LogP contribution in [0.25, 0.3) is 0 Å². The summed E-state index contributed by atoms with van der Waals surface area (Å²) in [6.45, 7) is 5.18. The molecule has 0 heterocycles. The van der Waals surface area contributed by atoms with Gasteiger partial charge in [-0.2, -0.15) is 4.31 Å². The van der Waals surface area contributed by atoms with Crippen molar-refractivity contribution in [3.05, 3.63) is 23.3 Å². The monoisotopic (exact) mass is 308 g/mol. The van der Waals surface area contributed by atoms with E-state index in [1.54, 1.807) is 16.4 Å². The second-order valence-corrected chi connectivity index (χ2v) is 8.60. The normalized spacial score (nSPS) is 19.2. The van der Waals surface area contributed by atoms with Crippen molar-refractivity contribution in [2.24, 2.45) is 11.8 Å². The maximum Gasteiger partial charge on any atom is 0.243 e. The topological polar surface area (TPSA) is 63.4 Å². The van der Waals surface area contributed by atoms with E-state index in [0.717, 1.165) is 36.8 Å². The van der Waals surface area contributed by atoms with Crippen molar-refractivity contribution in [3.63, 3.8) is 0 Å². The molecule has 0 atom stereocenters. The van der Waals surface area contributed by atoms with Crippen LogP contribution >= 0.6 is 0 Å². The van der Waals surface area contributed by atoms with Crippen LogP contribution in [0.15, 0.2) is 17.0 Å². The molecule has 0 amide bonds. The molecule has 0 aliphatic heterocycles. The minimum absolute atomic E-state index is 0.351. The lowest BCUT2D eigenvalue weighted by Gasteiger charge is -2.23. The van der Waals surface area contributed by atoms with Gasteiger partial charge in [-0.15, -0.1) is 0 Å². The van der Waals surface area contributed by atoms with E-state index in [1.165, 1.54) is 0 Å². The van der Waals surface area contributed by atoms with E-state index < -0.39 is 10.0 Å². The van der Waals surface area contributed by atoms with Gasteiger partial charge in [0.2, 0.25) is 10.0 Å². The van der Waals surface area contributed by atoms with Crippen LogP contribution in [0.5, 0.6) is 0 Å². The fraction of sp³-hybridized carbons (Fsp3) is 0.625. The third kappa shape index (κ3) is 3.24. The molecule has 0 aromatic heterocycles. The lowest BCUT2D eigenvalue weighted by Crippen LogP contribution is -2.34. The predicted octanol–water partition coefficient (Wildman–Crippen LogP) is 2.70. The highest BCUT2D eigenvalue weighted by atomic mass is 32.2. The molecular formula is C16H24N2O2S. The van der Waals surface area contributed by atoms with E-state index in [0.29, 0.717) is 35.5 Å². The van der Waals surface area contributed by atoms with Gasteiger partial charge >= 0.3 is 0 Å². The average Bonchev–Trinajstić information content (AvgIpc) is 3.29. The van der Waals surface area contributed by atoms with Gasteiger partial charge in [-0.1, -0.05) is 0 Å². The van der Waals surface area contributed by atoms with Crippen LogP contribution in [0, 0.1) is 25.7 Å². The summed E-state index contributed by atoms with van der Waals surface area (Å²) in [5.74, 6) is 1.12. The zero-order valence-electron chi connectivity index (χ0n) is 12.8. The quantitative estimate of drug-likeness (QED) is 0.822. The Hall–Kier alpha value is -1.07. The first-order valence-corrected chi connectivity index (χ1v) is 9.19. The van der Waals surface area contributed by atoms with Crippen molar-refractivity contribution in [1.82, 2.24) is 4.31 Å². The summed E-state index contributed by atoms with van der Waals surface area (Å²) in [5.41, 5.74) is 8.42. The summed E-state index contributed by atoms with van der Waals surface area (Å²) in [6, 6.07) is 3.37. The van der Waals surface area contributed by atoms with Gasteiger partial charge in [0, 0.05) is 18.8 Å². The van der Waals surface area contributed by atoms with E-state index in [1.807, 2.05) is 13.8 Å². The van der Waals surface area contributed by atoms with E-state index in [-0.39, 0.29) is 0 Å². The Labute approximate surface area is 127 Å². The van der Waals surface area contributed by atoms with Crippen molar-refractivity contribution in [2.45, 2.75) is 44.4 Å². The first-order chi connectivity index (χ1) is 9.88. The highest BCUT2D eigenvalue weighted by Gasteiger charge is 2.35. The third-order valence-corrected chi connectivity index (χ3v) is 6.45. The van der Waals surface area contributed by atoms with Gasteiger partial charge in [0.15, 0.2) is 0 Å². The number of sulfonamides is 1. The molecule has 0 saturated heterocycles. The molecule has 2 aliphatic carbocycles. The molecule has 0 radical (unpaired) electrons. The van der Waals surface area contributed by atoms with Crippen molar-refractivity contribution >= 4 is 15.7 Å². The Morgan fingerprint density at radius 1 is 1.10 bits per heavy atom. The van der Waals surface area contributed by atoms with E-state index in [2.05, 4.69) is 0 Å². The summed E-state index contributed by atoms with van der Waals surface area (Å²) in [7, 11) is -3.42. The van der Waals surface area contributed by atoms with Crippen LogP contribution in [0.1, 0.15) is 36.8 Å². The maximum atomic E-state index is 12.9. The van der Waals surface area contributed by atoms with Gasteiger partial charge in [-0.05, 0) is 74.6 Å². The standard InChI is InChI=1S/C16H24N2O2S/c1-11-7-15(8-16(17)12(11)2)21(19,20)18(9-13-3-4-13)10-14-5-6-14/h7-8,13-14H,3-6,9-10,17H2,1-2H3. The van der Waals surface area contributed by atoms with Crippen molar-refractivity contribution in [2.75, 3.05) is 18.8 Å². The van der Waals surface area contributed by atoms with Crippen LogP contribution in [0.3, 0.4) is 0 Å². The second-order valence-electron chi connectivity index (χ2n) is 6.66. The fourth-order valence-electron chi connectivity index (χ4n) is 2.60. The number of benzene rings is 1. The Kier molecular flexibility index (Phi) is 3.74. The highest BCUT2D eigenvalue weighted by molar-refractivity contribution is 7.89. The smallest absolute Gasteiger partial charge is 0.243 e. The van der Waals surface area contributed by atoms with Gasteiger partial charge in [-0.25, -0.2) is 8.42 Å². The largest absolute Gasteiger partial charge is 0.398 e. The molecule has 2 N–H and O–H groups in total. The molecule has 116 valence electrons. The SMILES string of the molecule is Cc1cc(S(=O)(=O)N(CC2CC2)CC2CC2)cc(N)c1C. The van der Waals surface area contributed by atoms with E-state index >= 15 is 0 Å². The number of hydrogen-bond donors (Lipinski definition) is 1. The van der Waals surface area contributed by atoms with Gasteiger partial charge in [-0.3, -0.25) is 0 Å². The number of nitrogen functional groups attached to an aromatic ring is 1. The number of hydrogen-bond acceptors (Lipinski definition) is 3. The molecular weight excluding hydrogens is 284 g/mol. The van der Waals surface area contributed by atoms with Gasteiger partial charge in [0.05, 0.1) is 4.90 Å². The number of rotatable bonds is 6. The Morgan fingerprint density at radius 3 is 2.05 bits per heavy atom. The van der Waals surface area contributed by atoms with Crippen molar-refractivity contribution < 1.29 is 8.42 Å².